The molecule has 3 aromatic rings. The van der Waals surface area contributed by atoms with Gasteiger partial charge in [-0.05, 0) is 15.8 Å². The lowest BCUT2D eigenvalue weighted by atomic mass is 9.74. The van der Waals surface area contributed by atoms with Gasteiger partial charge in [-0.15, -0.1) is 0 Å². The third-order valence-corrected chi connectivity index (χ3v) is 8.92. The third-order valence-electron chi connectivity index (χ3n) is 6.72. The Morgan fingerprint density at radius 2 is 1.60 bits per heavy atom. The van der Waals surface area contributed by atoms with E-state index in [1.54, 1.807) is 4.90 Å². The first kappa shape index (κ1) is 23.8. The molecule has 1 amide bonds. The summed E-state index contributed by atoms with van der Waals surface area (Å²) >= 11 is 0. The zero-order chi connectivity index (χ0) is 24.4. The second-order valence-corrected chi connectivity index (χ2v) is 12.2. The molecule has 5 rings (SSSR count). The number of oxazole rings is 1. The molecule has 7 nitrogen and oxygen atoms in total. The first-order chi connectivity index (χ1) is 16.9. The number of hydrogen-bond acceptors (Lipinski definition) is 6. The monoisotopic (exact) mass is 490 g/mol. The van der Waals surface area contributed by atoms with E-state index >= 15 is 0 Å². The quantitative estimate of drug-likeness (QED) is 0.495. The Bertz CT molecular complexity index is 1090. The molecule has 2 fully saturated rings. The molecule has 35 heavy (non-hydrogen) atoms. The van der Waals surface area contributed by atoms with Crippen LogP contribution in [0.1, 0.15) is 31.3 Å². The zero-order valence-electron chi connectivity index (χ0n) is 20.5. The van der Waals surface area contributed by atoms with Crippen LogP contribution in [0.5, 0.6) is 0 Å². The van der Waals surface area contributed by atoms with Gasteiger partial charge in [-0.3, -0.25) is 4.79 Å². The summed E-state index contributed by atoms with van der Waals surface area (Å²) in [5, 5.41) is 2.39. The molecule has 1 radical (unpaired) electrons. The molecule has 183 valence electrons. The first-order valence-corrected chi connectivity index (χ1v) is 13.6. The van der Waals surface area contributed by atoms with Gasteiger partial charge in [0.25, 0.3) is 21.0 Å². The van der Waals surface area contributed by atoms with E-state index in [1.807, 2.05) is 12.1 Å². The molecule has 0 saturated carbocycles. The van der Waals surface area contributed by atoms with Crippen LogP contribution in [-0.4, -0.2) is 63.9 Å². The van der Waals surface area contributed by atoms with E-state index in [-0.39, 0.29) is 17.6 Å². The van der Waals surface area contributed by atoms with Gasteiger partial charge in [0.2, 0.25) is 0 Å². The van der Waals surface area contributed by atoms with Crippen molar-refractivity contribution < 1.29 is 18.4 Å². The van der Waals surface area contributed by atoms with Gasteiger partial charge in [0.1, 0.15) is 12.5 Å². The maximum absolute atomic E-state index is 12.9. The highest BCUT2D eigenvalue weighted by Crippen LogP contribution is 2.42. The molecule has 0 spiro atoms. The molecular weight excluding hydrogens is 458 g/mol. The number of carbonyl (C=O) groups is 1. The van der Waals surface area contributed by atoms with Crippen LogP contribution in [0.15, 0.2) is 71.3 Å². The van der Waals surface area contributed by atoms with Crippen molar-refractivity contribution in [3.8, 4) is 0 Å². The highest BCUT2D eigenvalue weighted by molar-refractivity contribution is 6.80. The maximum Gasteiger partial charge on any atom is 0.300 e. The number of rotatable bonds is 6. The summed E-state index contributed by atoms with van der Waals surface area (Å²) in [4.78, 5) is 21.3. The van der Waals surface area contributed by atoms with Crippen LogP contribution < -0.4 is 15.3 Å². The van der Waals surface area contributed by atoms with Gasteiger partial charge in [-0.2, -0.15) is 4.98 Å². The summed E-state index contributed by atoms with van der Waals surface area (Å²) < 4.78 is 18.2. The van der Waals surface area contributed by atoms with Crippen LogP contribution in [0, 0.1) is 11.3 Å². The summed E-state index contributed by atoms with van der Waals surface area (Å²) in [6.07, 6.45) is 1.27. The number of morpholine rings is 1. The van der Waals surface area contributed by atoms with Crippen LogP contribution in [0.25, 0.3) is 0 Å². The molecular formula is C27H32N3O4Si. The van der Waals surface area contributed by atoms with Gasteiger partial charge in [-0.1, -0.05) is 81.4 Å². The predicted molar refractivity (Wildman–Crippen MR) is 136 cm³/mol. The lowest BCUT2D eigenvalue weighted by Crippen LogP contribution is -2.65. The fourth-order valence-electron chi connectivity index (χ4n) is 4.54. The molecule has 0 N–H and O–H groups in total. The lowest BCUT2D eigenvalue weighted by molar-refractivity contribution is 0.000389. The number of amides is 1. The minimum Gasteiger partial charge on any atom is -0.431 e. The Morgan fingerprint density at radius 1 is 1.00 bits per heavy atom. The van der Waals surface area contributed by atoms with E-state index < -0.39 is 9.04 Å². The van der Waals surface area contributed by atoms with E-state index in [2.05, 4.69) is 79.2 Å². The van der Waals surface area contributed by atoms with Gasteiger partial charge in [0, 0.05) is 25.6 Å². The highest BCUT2D eigenvalue weighted by atomic mass is 28.3. The number of aromatic nitrogens is 1. The summed E-state index contributed by atoms with van der Waals surface area (Å²) in [6.45, 7) is 9.73. The van der Waals surface area contributed by atoms with E-state index in [9.17, 15) is 4.79 Å². The van der Waals surface area contributed by atoms with E-state index in [1.165, 1.54) is 16.6 Å². The number of carbonyl (C=O) groups excluding carboxylic acids is 1. The minimum absolute atomic E-state index is 0.0422. The fourth-order valence-corrected chi connectivity index (χ4v) is 6.67. The van der Waals surface area contributed by atoms with Gasteiger partial charge in [0.15, 0.2) is 5.69 Å². The van der Waals surface area contributed by atoms with Crippen molar-refractivity contribution in [3.63, 3.8) is 0 Å². The average Bonchev–Trinajstić information content (AvgIpc) is 3.33. The SMILES string of the molecule is CC(C)(C)C1CN(c2nc(C(=O)N3CCOCC3)co2)C1O[Si](c1ccccc1)c1ccccc1. The fraction of sp³-hybridized carbons (Fsp3) is 0.407. The molecule has 1 aromatic heterocycles. The Kier molecular flexibility index (Phi) is 6.77. The molecule has 8 heteroatoms. The van der Waals surface area contributed by atoms with E-state index in [4.69, 9.17) is 13.6 Å². The van der Waals surface area contributed by atoms with E-state index in [0.29, 0.717) is 43.9 Å². The highest BCUT2D eigenvalue weighted by Gasteiger charge is 2.49. The van der Waals surface area contributed by atoms with Gasteiger partial charge < -0.3 is 23.4 Å². The first-order valence-electron chi connectivity index (χ1n) is 12.2. The zero-order valence-corrected chi connectivity index (χ0v) is 21.5. The second-order valence-electron chi connectivity index (χ2n) is 10.1. The smallest absolute Gasteiger partial charge is 0.300 e. The van der Waals surface area contributed by atoms with Crippen LogP contribution in [0.4, 0.5) is 6.01 Å². The van der Waals surface area contributed by atoms with Crippen LogP contribution in [0.3, 0.4) is 0 Å². The van der Waals surface area contributed by atoms with Crippen LogP contribution >= 0.6 is 0 Å². The summed E-state index contributed by atoms with van der Waals surface area (Å²) in [5.74, 6) is 0.173. The Labute approximate surface area is 208 Å². The van der Waals surface area contributed by atoms with Crippen molar-refractivity contribution in [2.24, 2.45) is 11.3 Å². The summed E-state index contributed by atoms with van der Waals surface area (Å²) in [6, 6.07) is 21.3. The topological polar surface area (TPSA) is 68.0 Å². The van der Waals surface area contributed by atoms with Gasteiger partial charge >= 0.3 is 0 Å². The predicted octanol–water partition coefficient (Wildman–Crippen LogP) is 2.78. The normalized spacial score (nSPS) is 20.7. The molecule has 3 heterocycles. The Hall–Kier alpha value is -2.94. The molecule has 0 bridgehead atoms. The molecule has 2 unspecified atom stereocenters. The van der Waals surface area contributed by atoms with Crippen LogP contribution in [-0.2, 0) is 9.16 Å². The van der Waals surface area contributed by atoms with Gasteiger partial charge in [-0.25, -0.2) is 0 Å². The largest absolute Gasteiger partial charge is 0.431 e. The number of hydrogen-bond donors (Lipinski definition) is 0. The molecule has 0 aliphatic carbocycles. The van der Waals surface area contributed by atoms with Crippen molar-refractivity contribution in [2.45, 2.75) is 27.0 Å². The standard InChI is InChI=1S/C27H32N3O4Si/c1-27(2,3)22-18-30(26-28-23(19-33-26)24(31)29-14-16-32-17-15-29)25(22)34-35(20-10-6-4-7-11-20)21-12-8-5-9-13-21/h4-13,19,22,25H,14-18H2,1-3H3. The number of ether oxygens (including phenoxy) is 1. The molecule has 2 atom stereocenters. The summed E-state index contributed by atoms with van der Waals surface area (Å²) in [5.41, 5.74) is 0.372. The molecule has 2 aliphatic rings. The lowest BCUT2D eigenvalue weighted by Gasteiger charge is -2.53. The summed E-state index contributed by atoms with van der Waals surface area (Å²) in [7, 11) is -1.52. The van der Waals surface area contributed by atoms with E-state index in [0.717, 1.165) is 6.54 Å². The van der Waals surface area contributed by atoms with Crippen molar-refractivity contribution in [3.05, 3.63) is 72.6 Å². The van der Waals surface area contributed by atoms with Crippen molar-refractivity contribution in [1.82, 2.24) is 9.88 Å². The van der Waals surface area contributed by atoms with Crippen molar-refractivity contribution >= 4 is 31.3 Å². The van der Waals surface area contributed by atoms with Gasteiger partial charge in [0.05, 0.1) is 13.2 Å². The minimum atomic E-state index is -1.52. The van der Waals surface area contributed by atoms with Crippen molar-refractivity contribution in [1.29, 1.82) is 0 Å². The average molecular weight is 491 g/mol. The van der Waals surface area contributed by atoms with Crippen LogP contribution in [0.2, 0.25) is 0 Å². The second kappa shape index (κ2) is 9.97. The maximum atomic E-state index is 12.9. The number of benzene rings is 2. The number of anilines is 1. The van der Waals surface area contributed by atoms with Crippen molar-refractivity contribution in [2.75, 3.05) is 37.7 Å². The third kappa shape index (κ3) is 5.05. The Balaban J connectivity index is 1.41. The molecule has 2 saturated heterocycles. The molecule has 2 aliphatic heterocycles. The number of nitrogens with zero attached hydrogens (tertiary/aromatic N) is 3. The Morgan fingerprint density at radius 3 is 2.17 bits per heavy atom. The molecule has 2 aromatic carbocycles.